The van der Waals surface area contributed by atoms with Crippen molar-refractivity contribution in [2.45, 2.75) is 18.1 Å². The first-order chi connectivity index (χ1) is 12.4. The van der Waals surface area contributed by atoms with Crippen molar-refractivity contribution < 1.29 is 23.5 Å². The molecule has 0 radical (unpaired) electrons. The van der Waals surface area contributed by atoms with Gasteiger partial charge in [0.05, 0.1) is 0 Å². The van der Waals surface area contributed by atoms with Crippen LogP contribution < -0.4 is 10.1 Å². The van der Waals surface area contributed by atoms with Gasteiger partial charge in [0.25, 0.3) is 5.24 Å². The van der Waals surface area contributed by atoms with Crippen LogP contribution in [0.15, 0.2) is 48.5 Å². The summed E-state index contributed by atoms with van der Waals surface area (Å²) in [6, 6.07) is 12.3. The second-order valence-corrected chi connectivity index (χ2v) is 7.59. The first-order valence-electron chi connectivity index (χ1n) is 7.91. The van der Waals surface area contributed by atoms with E-state index in [0.29, 0.717) is 17.7 Å². The number of benzene rings is 2. The summed E-state index contributed by atoms with van der Waals surface area (Å²) in [6.45, 7) is 1.57. The molecular formula is C19H16FNO4S. The van der Waals surface area contributed by atoms with Crippen LogP contribution in [-0.2, 0) is 11.2 Å². The smallest absolute Gasteiger partial charge is 0.286 e. The topological polar surface area (TPSA) is 72.5 Å². The van der Waals surface area contributed by atoms with E-state index in [-0.39, 0.29) is 23.5 Å². The molecule has 7 heteroatoms. The SMILES string of the molecule is C[C@@]1(Cc2ccc(OCC(=O)c3ccc(F)cc3)cc2)SC(=O)NC1=O. The van der Waals surface area contributed by atoms with Crippen molar-refractivity contribution in [1.29, 1.82) is 0 Å². The number of Topliss-reactive ketones (excluding diaryl/α,β-unsaturated/α-hetero) is 1. The van der Waals surface area contributed by atoms with Crippen LogP contribution in [0.5, 0.6) is 5.75 Å². The highest BCUT2D eigenvalue weighted by Crippen LogP contribution is 2.34. The van der Waals surface area contributed by atoms with Crippen molar-refractivity contribution in [2.24, 2.45) is 0 Å². The second-order valence-electron chi connectivity index (χ2n) is 6.11. The molecule has 3 rings (SSSR count). The minimum atomic E-state index is -0.821. The van der Waals surface area contributed by atoms with Gasteiger partial charge in [-0.15, -0.1) is 0 Å². The molecule has 1 aliphatic heterocycles. The molecule has 0 bridgehead atoms. The maximum absolute atomic E-state index is 12.9. The molecule has 1 N–H and O–H groups in total. The molecule has 0 unspecified atom stereocenters. The van der Waals surface area contributed by atoms with Gasteiger partial charge in [-0.1, -0.05) is 12.1 Å². The summed E-state index contributed by atoms with van der Waals surface area (Å²) >= 11 is 0.986. The number of ether oxygens (including phenoxy) is 1. The van der Waals surface area contributed by atoms with Crippen molar-refractivity contribution in [1.82, 2.24) is 5.32 Å². The maximum atomic E-state index is 12.9. The van der Waals surface area contributed by atoms with Gasteiger partial charge in [-0.05, 0) is 67.1 Å². The first kappa shape index (κ1) is 18.1. The molecule has 0 aromatic heterocycles. The standard InChI is InChI=1S/C19H16FNO4S/c1-19(17(23)21-18(24)26-19)10-12-2-8-15(9-3-12)25-11-16(22)13-4-6-14(20)7-5-13/h2-9H,10-11H2,1H3,(H,21,23,24)/t19-/m0/s1. The average molecular weight is 373 g/mol. The number of thioether (sulfide) groups is 1. The fourth-order valence-electron chi connectivity index (χ4n) is 2.58. The molecule has 0 aliphatic carbocycles. The summed E-state index contributed by atoms with van der Waals surface area (Å²) in [6.07, 6.45) is 0.407. The second kappa shape index (κ2) is 7.29. The third-order valence-electron chi connectivity index (χ3n) is 4.01. The van der Waals surface area contributed by atoms with Crippen LogP contribution in [0, 0.1) is 5.82 Å². The van der Waals surface area contributed by atoms with Gasteiger partial charge >= 0.3 is 0 Å². The van der Waals surface area contributed by atoms with Crippen LogP contribution in [0.2, 0.25) is 0 Å². The Morgan fingerprint density at radius 1 is 1.12 bits per heavy atom. The normalized spacial score (nSPS) is 19.3. The van der Waals surface area contributed by atoms with Gasteiger partial charge in [0.2, 0.25) is 5.91 Å². The zero-order valence-corrected chi connectivity index (χ0v) is 14.8. The molecule has 1 heterocycles. The molecule has 2 aromatic rings. The van der Waals surface area contributed by atoms with E-state index in [4.69, 9.17) is 4.74 Å². The Balaban J connectivity index is 1.58. The number of imide groups is 1. The van der Waals surface area contributed by atoms with E-state index < -0.39 is 10.6 Å². The molecule has 2 aromatic carbocycles. The highest BCUT2D eigenvalue weighted by atomic mass is 32.2. The van der Waals surface area contributed by atoms with Crippen molar-refractivity contribution >= 4 is 28.7 Å². The predicted octanol–water partition coefficient (Wildman–Crippen LogP) is 3.37. The Hall–Kier alpha value is -2.67. The highest BCUT2D eigenvalue weighted by molar-refractivity contribution is 8.16. The minimum absolute atomic E-state index is 0.157. The Bertz CT molecular complexity index is 851. The molecule has 0 spiro atoms. The molecule has 1 atom stereocenters. The number of halogens is 1. The summed E-state index contributed by atoms with van der Waals surface area (Å²) in [5, 5.41) is 1.95. The first-order valence-corrected chi connectivity index (χ1v) is 8.72. The summed E-state index contributed by atoms with van der Waals surface area (Å²) in [7, 11) is 0. The monoisotopic (exact) mass is 373 g/mol. The van der Waals surface area contributed by atoms with Crippen molar-refractivity contribution in [2.75, 3.05) is 6.61 Å². The number of ketones is 1. The number of amides is 2. The van der Waals surface area contributed by atoms with Crippen LogP contribution in [0.25, 0.3) is 0 Å². The largest absolute Gasteiger partial charge is 0.485 e. The van der Waals surface area contributed by atoms with E-state index in [1.807, 2.05) is 0 Å². The predicted molar refractivity (Wildman–Crippen MR) is 95.9 cm³/mol. The number of hydrogen-bond donors (Lipinski definition) is 1. The molecule has 2 amide bonds. The van der Waals surface area contributed by atoms with E-state index in [9.17, 15) is 18.8 Å². The Morgan fingerprint density at radius 2 is 1.77 bits per heavy atom. The molecule has 134 valence electrons. The summed E-state index contributed by atoms with van der Waals surface area (Å²) in [4.78, 5) is 35.2. The van der Waals surface area contributed by atoms with Gasteiger partial charge in [-0.2, -0.15) is 0 Å². The lowest BCUT2D eigenvalue weighted by atomic mass is 9.99. The van der Waals surface area contributed by atoms with Crippen molar-refractivity contribution in [3.05, 3.63) is 65.5 Å². The van der Waals surface area contributed by atoms with Crippen LogP contribution in [0.3, 0.4) is 0 Å². The maximum Gasteiger partial charge on any atom is 0.286 e. The van der Waals surface area contributed by atoms with Gasteiger partial charge < -0.3 is 4.74 Å². The summed E-state index contributed by atoms with van der Waals surface area (Å²) < 4.78 is 17.5. The van der Waals surface area contributed by atoms with Crippen LogP contribution in [-0.4, -0.2) is 28.3 Å². The zero-order chi connectivity index (χ0) is 18.7. The summed E-state index contributed by atoms with van der Waals surface area (Å²) in [5.74, 6) is -0.437. The number of rotatable bonds is 6. The van der Waals surface area contributed by atoms with Crippen molar-refractivity contribution in [3.8, 4) is 5.75 Å². The number of nitrogens with one attached hydrogen (secondary N) is 1. The number of carbonyl (C=O) groups excluding carboxylic acids is 3. The third kappa shape index (κ3) is 4.11. The van der Waals surface area contributed by atoms with Crippen molar-refractivity contribution in [3.63, 3.8) is 0 Å². The van der Waals surface area contributed by atoms with Gasteiger partial charge in [-0.3, -0.25) is 19.7 Å². The fraction of sp³-hybridized carbons (Fsp3) is 0.211. The van der Waals surface area contributed by atoms with E-state index in [1.54, 1.807) is 31.2 Å². The quantitative estimate of drug-likeness (QED) is 0.786. The highest BCUT2D eigenvalue weighted by Gasteiger charge is 2.43. The van der Waals surface area contributed by atoms with Gasteiger partial charge in [0.1, 0.15) is 16.3 Å². The molecule has 1 aliphatic rings. The lowest BCUT2D eigenvalue weighted by Crippen LogP contribution is -2.35. The van der Waals surface area contributed by atoms with Gasteiger partial charge in [0, 0.05) is 5.56 Å². The summed E-state index contributed by atoms with van der Waals surface area (Å²) in [5.41, 5.74) is 1.26. The van der Waals surface area contributed by atoms with Crippen LogP contribution in [0.1, 0.15) is 22.8 Å². The Morgan fingerprint density at radius 3 is 2.35 bits per heavy atom. The molecular weight excluding hydrogens is 357 g/mol. The minimum Gasteiger partial charge on any atom is -0.485 e. The fourth-order valence-corrected chi connectivity index (χ4v) is 3.51. The Labute approximate surface area is 153 Å². The number of hydrogen-bond acceptors (Lipinski definition) is 5. The van der Waals surface area contributed by atoms with Crippen LogP contribution >= 0.6 is 11.8 Å². The van der Waals surface area contributed by atoms with Crippen LogP contribution in [0.4, 0.5) is 9.18 Å². The molecule has 26 heavy (non-hydrogen) atoms. The molecule has 5 nitrogen and oxygen atoms in total. The molecule has 1 fully saturated rings. The third-order valence-corrected chi connectivity index (χ3v) is 5.08. The van der Waals surface area contributed by atoms with E-state index in [2.05, 4.69) is 5.32 Å². The van der Waals surface area contributed by atoms with E-state index >= 15 is 0 Å². The average Bonchev–Trinajstić information content (AvgIpc) is 2.86. The van der Waals surface area contributed by atoms with Gasteiger partial charge in [-0.25, -0.2) is 4.39 Å². The lowest BCUT2D eigenvalue weighted by molar-refractivity contribution is -0.121. The van der Waals surface area contributed by atoms with E-state index in [1.165, 1.54) is 24.3 Å². The molecule has 0 saturated carbocycles. The Kier molecular flexibility index (Phi) is 5.08. The zero-order valence-electron chi connectivity index (χ0n) is 14.0. The molecule has 1 saturated heterocycles. The van der Waals surface area contributed by atoms with Gasteiger partial charge in [0.15, 0.2) is 12.4 Å². The van der Waals surface area contributed by atoms with E-state index in [0.717, 1.165) is 17.3 Å². The lowest BCUT2D eigenvalue weighted by Gasteiger charge is -2.18. The number of carbonyl (C=O) groups is 3.